The second-order valence-corrected chi connectivity index (χ2v) is 7.50. The number of ether oxygens (including phenoxy) is 2. The van der Waals surface area contributed by atoms with Crippen molar-refractivity contribution in [3.05, 3.63) is 18.3 Å². The Morgan fingerprint density at radius 3 is 2.58 bits per heavy atom. The molecule has 1 aromatic heterocycles. The average Bonchev–Trinajstić information content (AvgIpc) is 3.14. The van der Waals surface area contributed by atoms with Gasteiger partial charge in [0.05, 0.1) is 18.7 Å². The zero-order valence-electron chi connectivity index (χ0n) is 15.3. The van der Waals surface area contributed by atoms with E-state index < -0.39 is 5.72 Å². The van der Waals surface area contributed by atoms with Crippen molar-refractivity contribution in [3.63, 3.8) is 0 Å². The largest absolute Gasteiger partial charge is 0.493 e. The van der Waals surface area contributed by atoms with Crippen LogP contribution in [0, 0.1) is 0 Å². The molecule has 0 saturated heterocycles. The SMILES string of the molecule is COc1cc2nc(NC3(O)CCCCC3)ncc2cc1OC1CCCC1. The number of benzene rings is 1. The Hall–Kier alpha value is -2.08. The second-order valence-electron chi connectivity index (χ2n) is 7.50. The van der Waals surface area contributed by atoms with Crippen molar-refractivity contribution in [2.75, 3.05) is 12.4 Å². The molecule has 140 valence electrons. The number of hydrogen-bond acceptors (Lipinski definition) is 6. The van der Waals surface area contributed by atoms with Gasteiger partial charge in [-0.15, -0.1) is 0 Å². The van der Waals surface area contributed by atoms with Crippen molar-refractivity contribution in [3.8, 4) is 11.5 Å². The molecule has 0 atom stereocenters. The third-order valence-electron chi connectivity index (χ3n) is 5.49. The van der Waals surface area contributed by atoms with Crippen molar-refractivity contribution in [2.45, 2.75) is 69.6 Å². The minimum Gasteiger partial charge on any atom is -0.493 e. The number of nitrogens with zero attached hydrogens (tertiary/aromatic N) is 2. The van der Waals surface area contributed by atoms with E-state index in [0.29, 0.717) is 11.7 Å². The van der Waals surface area contributed by atoms with Gasteiger partial charge in [0, 0.05) is 17.6 Å². The van der Waals surface area contributed by atoms with Gasteiger partial charge in [0.2, 0.25) is 5.95 Å². The normalized spacial score (nSPS) is 20.2. The second kappa shape index (κ2) is 7.27. The molecule has 2 fully saturated rings. The molecular formula is C20H27N3O3. The maximum atomic E-state index is 10.7. The molecule has 2 aromatic rings. The van der Waals surface area contributed by atoms with Crippen LogP contribution in [0.5, 0.6) is 11.5 Å². The van der Waals surface area contributed by atoms with Crippen LogP contribution in [-0.2, 0) is 0 Å². The molecule has 0 radical (unpaired) electrons. The molecule has 0 spiro atoms. The summed E-state index contributed by atoms with van der Waals surface area (Å²) in [6.07, 6.45) is 11.4. The van der Waals surface area contributed by atoms with Crippen molar-refractivity contribution in [2.24, 2.45) is 0 Å². The number of anilines is 1. The van der Waals surface area contributed by atoms with Crippen molar-refractivity contribution in [1.29, 1.82) is 0 Å². The molecule has 2 aliphatic carbocycles. The summed E-state index contributed by atoms with van der Waals surface area (Å²) in [7, 11) is 1.65. The van der Waals surface area contributed by atoms with E-state index in [4.69, 9.17) is 9.47 Å². The van der Waals surface area contributed by atoms with E-state index in [2.05, 4.69) is 15.3 Å². The Bertz CT molecular complexity index is 768. The third-order valence-corrected chi connectivity index (χ3v) is 5.49. The molecule has 26 heavy (non-hydrogen) atoms. The monoisotopic (exact) mass is 357 g/mol. The number of aliphatic hydroxyl groups is 1. The highest BCUT2D eigenvalue weighted by Gasteiger charge is 2.29. The van der Waals surface area contributed by atoms with Crippen LogP contribution in [0.25, 0.3) is 10.9 Å². The quantitative estimate of drug-likeness (QED) is 0.787. The van der Waals surface area contributed by atoms with Crippen LogP contribution >= 0.6 is 0 Å². The molecule has 2 aliphatic rings. The van der Waals surface area contributed by atoms with E-state index in [9.17, 15) is 5.11 Å². The Morgan fingerprint density at radius 1 is 1.08 bits per heavy atom. The molecule has 1 heterocycles. The van der Waals surface area contributed by atoms with E-state index >= 15 is 0 Å². The highest BCUT2D eigenvalue weighted by atomic mass is 16.5. The van der Waals surface area contributed by atoms with Crippen LogP contribution in [0.2, 0.25) is 0 Å². The smallest absolute Gasteiger partial charge is 0.225 e. The number of methoxy groups -OCH3 is 1. The van der Waals surface area contributed by atoms with Gasteiger partial charge in [0.15, 0.2) is 11.5 Å². The summed E-state index contributed by atoms with van der Waals surface area (Å²) in [4.78, 5) is 8.97. The van der Waals surface area contributed by atoms with Crippen LogP contribution in [0.15, 0.2) is 18.3 Å². The zero-order chi connectivity index (χ0) is 18.0. The number of aromatic nitrogens is 2. The molecule has 4 rings (SSSR count). The predicted molar refractivity (Wildman–Crippen MR) is 101 cm³/mol. The molecule has 0 amide bonds. The van der Waals surface area contributed by atoms with Gasteiger partial charge in [-0.05, 0) is 57.4 Å². The van der Waals surface area contributed by atoms with Crippen molar-refractivity contribution < 1.29 is 14.6 Å². The highest BCUT2D eigenvalue weighted by Crippen LogP contribution is 2.35. The maximum Gasteiger partial charge on any atom is 0.225 e. The lowest BCUT2D eigenvalue weighted by molar-refractivity contribution is 0.0309. The number of fused-ring (bicyclic) bond motifs is 1. The van der Waals surface area contributed by atoms with Gasteiger partial charge in [0.1, 0.15) is 5.72 Å². The molecule has 6 heteroatoms. The lowest BCUT2D eigenvalue weighted by Crippen LogP contribution is -2.40. The van der Waals surface area contributed by atoms with Crippen LogP contribution < -0.4 is 14.8 Å². The minimum absolute atomic E-state index is 0.267. The number of hydrogen-bond donors (Lipinski definition) is 2. The fourth-order valence-corrected chi connectivity index (χ4v) is 4.01. The fraction of sp³-hybridized carbons (Fsp3) is 0.600. The summed E-state index contributed by atoms with van der Waals surface area (Å²) in [5.74, 6) is 1.89. The van der Waals surface area contributed by atoms with E-state index in [0.717, 1.165) is 55.2 Å². The average molecular weight is 357 g/mol. The first-order valence-electron chi connectivity index (χ1n) is 9.67. The first-order chi connectivity index (χ1) is 12.6. The molecule has 0 aliphatic heterocycles. The Morgan fingerprint density at radius 2 is 1.85 bits per heavy atom. The summed E-state index contributed by atoms with van der Waals surface area (Å²) >= 11 is 0. The van der Waals surface area contributed by atoms with Gasteiger partial charge < -0.3 is 19.9 Å². The van der Waals surface area contributed by atoms with Crippen LogP contribution in [0.1, 0.15) is 57.8 Å². The van der Waals surface area contributed by atoms with Gasteiger partial charge in [-0.3, -0.25) is 0 Å². The highest BCUT2D eigenvalue weighted by molar-refractivity contribution is 5.82. The van der Waals surface area contributed by atoms with Gasteiger partial charge in [-0.25, -0.2) is 9.97 Å². The first-order valence-corrected chi connectivity index (χ1v) is 9.67. The molecule has 2 saturated carbocycles. The lowest BCUT2D eigenvalue weighted by Gasteiger charge is -2.32. The van der Waals surface area contributed by atoms with Crippen LogP contribution in [0.4, 0.5) is 5.95 Å². The van der Waals surface area contributed by atoms with Crippen LogP contribution in [-0.4, -0.2) is 34.0 Å². The Balaban J connectivity index is 1.59. The Kier molecular flexibility index (Phi) is 4.85. The van der Waals surface area contributed by atoms with Gasteiger partial charge in [-0.1, -0.05) is 6.42 Å². The molecular weight excluding hydrogens is 330 g/mol. The predicted octanol–water partition coefficient (Wildman–Crippen LogP) is 4.02. The zero-order valence-corrected chi connectivity index (χ0v) is 15.3. The maximum absolute atomic E-state index is 10.7. The first kappa shape index (κ1) is 17.3. The van der Waals surface area contributed by atoms with E-state index in [1.807, 2.05) is 12.1 Å². The molecule has 6 nitrogen and oxygen atoms in total. The molecule has 0 bridgehead atoms. The topological polar surface area (TPSA) is 76.5 Å². The van der Waals surface area contributed by atoms with E-state index in [1.54, 1.807) is 13.3 Å². The standard InChI is InChI=1S/C20H27N3O3/c1-25-17-12-16-14(11-18(17)26-15-7-3-4-8-15)13-21-19(22-16)23-20(24)9-5-2-6-10-20/h11-13,15,24H,2-10H2,1H3,(H,21,22,23). The number of nitrogens with one attached hydrogen (secondary N) is 1. The Labute approximate surface area is 153 Å². The van der Waals surface area contributed by atoms with Crippen molar-refractivity contribution in [1.82, 2.24) is 9.97 Å². The fourth-order valence-electron chi connectivity index (χ4n) is 4.01. The summed E-state index contributed by atoms with van der Waals surface area (Å²) in [5.41, 5.74) is -0.126. The van der Waals surface area contributed by atoms with Gasteiger partial charge in [0.25, 0.3) is 0 Å². The van der Waals surface area contributed by atoms with E-state index in [-0.39, 0.29) is 6.10 Å². The van der Waals surface area contributed by atoms with Gasteiger partial charge >= 0.3 is 0 Å². The summed E-state index contributed by atoms with van der Waals surface area (Å²) in [6.45, 7) is 0. The summed E-state index contributed by atoms with van der Waals surface area (Å²) < 4.78 is 11.7. The summed E-state index contributed by atoms with van der Waals surface area (Å²) in [6, 6.07) is 3.84. The van der Waals surface area contributed by atoms with Crippen molar-refractivity contribution >= 4 is 16.9 Å². The van der Waals surface area contributed by atoms with E-state index in [1.165, 1.54) is 19.3 Å². The minimum atomic E-state index is -0.901. The summed E-state index contributed by atoms with van der Waals surface area (Å²) in [5, 5.41) is 14.7. The molecule has 0 unspecified atom stereocenters. The third kappa shape index (κ3) is 3.70. The number of rotatable bonds is 5. The molecule has 2 N–H and O–H groups in total. The van der Waals surface area contributed by atoms with Crippen LogP contribution in [0.3, 0.4) is 0 Å². The molecule has 1 aromatic carbocycles. The lowest BCUT2D eigenvalue weighted by atomic mass is 9.92. The van der Waals surface area contributed by atoms with Gasteiger partial charge in [-0.2, -0.15) is 0 Å².